The quantitative estimate of drug-likeness (QED) is 0.677. The molecule has 0 spiro atoms. The zero-order valence-electron chi connectivity index (χ0n) is 7.27. The maximum Gasteiger partial charge on any atom is 0.323 e. The number of nitrogens with one attached hydrogen (secondary N) is 1. The average molecular weight is 178 g/mol. The number of carbonyl (C=O) groups is 1. The van der Waals surface area contributed by atoms with Crippen LogP contribution in [-0.2, 0) is 0 Å². The fraction of sp³-hybridized carbons (Fsp3) is 0.375. The van der Waals surface area contributed by atoms with Crippen molar-refractivity contribution in [1.82, 2.24) is 15.5 Å². The molecule has 68 valence electrons. The van der Waals surface area contributed by atoms with Crippen molar-refractivity contribution in [1.29, 1.82) is 0 Å². The van der Waals surface area contributed by atoms with Gasteiger partial charge in [0, 0.05) is 18.8 Å². The van der Waals surface area contributed by atoms with Crippen LogP contribution in [0.5, 0.6) is 0 Å². The molecule has 0 aromatic carbocycles. The van der Waals surface area contributed by atoms with Crippen LogP contribution in [0.4, 0.5) is 10.6 Å². The number of nitrogens with zero attached hydrogens (tertiary/aromatic N) is 3. The van der Waals surface area contributed by atoms with Gasteiger partial charge in [-0.25, -0.2) is 4.79 Å². The first kappa shape index (κ1) is 7.97. The first-order valence-electron chi connectivity index (χ1n) is 4.13. The third-order valence-corrected chi connectivity index (χ3v) is 1.91. The van der Waals surface area contributed by atoms with Gasteiger partial charge in [-0.15, -0.1) is 5.10 Å². The Kier molecular flexibility index (Phi) is 1.84. The molecule has 1 fully saturated rings. The Hall–Kier alpha value is -1.65. The maximum absolute atomic E-state index is 11.3. The van der Waals surface area contributed by atoms with Crippen LogP contribution < -0.4 is 10.2 Å². The largest absolute Gasteiger partial charge is 0.333 e. The molecule has 1 aromatic heterocycles. The lowest BCUT2D eigenvalue weighted by atomic mass is 10.3. The van der Waals surface area contributed by atoms with E-state index >= 15 is 0 Å². The highest BCUT2D eigenvalue weighted by molar-refractivity contribution is 5.93. The zero-order chi connectivity index (χ0) is 9.26. The molecule has 5 heteroatoms. The molecule has 0 bridgehead atoms. The lowest BCUT2D eigenvalue weighted by Crippen LogP contribution is -2.28. The number of hydrogen-bond acceptors (Lipinski definition) is 3. The van der Waals surface area contributed by atoms with E-state index in [1.807, 2.05) is 6.92 Å². The Morgan fingerprint density at radius 3 is 3.08 bits per heavy atom. The van der Waals surface area contributed by atoms with Crippen molar-refractivity contribution < 1.29 is 4.79 Å². The summed E-state index contributed by atoms with van der Waals surface area (Å²) >= 11 is 0. The van der Waals surface area contributed by atoms with E-state index in [0.717, 1.165) is 0 Å². The van der Waals surface area contributed by atoms with E-state index in [2.05, 4.69) is 15.5 Å². The topological polar surface area (TPSA) is 58.1 Å². The van der Waals surface area contributed by atoms with Crippen LogP contribution in [0.25, 0.3) is 0 Å². The fourth-order valence-corrected chi connectivity index (χ4v) is 1.33. The van der Waals surface area contributed by atoms with Gasteiger partial charge in [0.05, 0.1) is 0 Å². The Morgan fingerprint density at radius 1 is 1.69 bits per heavy atom. The van der Waals surface area contributed by atoms with Crippen molar-refractivity contribution in [3.8, 4) is 0 Å². The van der Waals surface area contributed by atoms with E-state index in [1.165, 1.54) is 0 Å². The van der Waals surface area contributed by atoms with Gasteiger partial charge in [0.15, 0.2) is 5.82 Å². The summed E-state index contributed by atoms with van der Waals surface area (Å²) in [6.45, 7) is 2.60. The molecule has 5 nitrogen and oxygen atoms in total. The number of urea groups is 1. The first-order valence-corrected chi connectivity index (χ1v) is 4.13. The summed E-state index contributed by atoms with van der Waals surface area (Å²) in [4.78, 5) is 12.9. The fourth-order valence-electron chi connectivity index (χ4n) is 1.33. The van der Waals surface area contributed by atoms with Gasteiger partial charge in [0.1, 0.15) is 0 Å². The Balaban J connectivity index is 2.23. The SMILES string of the molecule is CC1CN(c2cccnn2)C(=O)N1. The molecule has 2 rings (SSSR count). The van der Waals surface area contributed by atoms with Gasteiger partial charge in [-0.2, -0.15) is 5.10 Å². The zero-order valence-corrected chi connectivity index (χ0v) is 7.27. The average Bonchev–Trinajstić information content (AvgIpc) is 2.47. The predicted molar refractivity (Wildman–Crippen MR) is 47.4 cm³/mol. The molecule has 0 radical (unpaired) electrons. The summed E-state index contributed by atoms with van der Waals surface area (Å²) in [5.74, 6) is 0.601. The highest BCUT2D eigenvalue weighted by Crippen LogP contribution is 2.13. The van der Waals surface area contributed by atoms with Crippen LogP contribution in [0.15, 0.2) is 18.3 Å². The molecule has 0 aliphatic carbocycles. The summed E-state index contributed by atoms with van der Waals surface area (Å²) in [6.07, 6.45) is 1.58. The molecule has 13 heavy (non-hydrogen) atoms. The van der Waals surface area contributed by atoms with E-state index in [0.29, 0.717) is 12.4 Å². The summed E-state index contributed by atoms with van der Waals surface area (Å²) < 4.78 is 0. The molecule has 2 heterocycles. The van der Waals surface area contributed by atoms with E-state index in [1.54, 1.807) is 23.2 Å². The Labute approximate surface area is 75.8 Å². The highest BCUT2D eigenvalue weighted by atomic mass is 16.2. The third-order valence-electron chi connectivity index (χ3n) is 1.91. The van der Waals surface area contributed by atoms with Gasteiger partial charge < -0.3 is 5.32 Å². The van der Waals surface area contributed by atoms with Gasteiger partial charge in [-0.3, -0.25) is 4.90 Å². The first-order chi connectivity index (χ1) is 6.27. The van der Waals surface area contributed by atoms with Gasteiger partial charge in [0.2, 0.25) is 0 Å². The van der Waals surface area contributed by atoms with E-state index in [9.17, 15) is 4.79 Å². The minimum absolute atomic E-state index is 0.104. The van der Waals surface area contributed by atoms with E-state index in [4.69, 9.17) is 0 Å². The van der Waals surface area contributed by atoms with Crippen LogP contribution in [0.2, 0.25) is 0 Å². The summed E-state index contributed by atoms with van der Waals surface area (Å²) in [5.41, 5.74) is 0. The molecule has 1 aliphatic rings. The highest BCUT2D eigenvalue weighted by Gasteiger charge is 2.27. The molecule has 0 saturated carbocycles. The standard InChI is InChI=1S/C8H10N4O/c1-6-5-12(8(13)10-6)7-3-2-4-9-11-7/h2-4,6H,5H2,1H3,(H,10,13). The molecular formula is C8H10N4O. The van der Waals surface area contributed by atoms with Gasteiger partial charge in [0.25, 0.3) is 0 Å². The van der Waals surface area contributed by atoms with Crippen molar-refractivity contribution >= 4 is 11.8 Å². The number of amides is 2. The second-order valence-corrected chi connectivity index (χ2v) is 3.04. The minimum Gasteiger partial charge on any atom is -0.333 e. The van der Waals surface area contributed by atoms with Gasteiger partial charge in [-0.05, 0) is 19.1 Å². The van der Waals surface area contributed by atoms with Crippen LogP contribution in [0.1, 0.15) is 6.92 Å². The Morgan fingerprint density at radius 2 is 2.54 bits per heavy atom. The summed E-state index contributed by atoms with van der Waals surface area (Å²) in [5, 5.41) is 10.4. The van der Waals surface area contributed by atoms with E-state index < -0.39 is 0 Å². The number of rotatable bonds is 1. The van der Waals surface area contributed by atoms with Crippen LogP contribution >= 0.6 is 0 Å². The molecule has 1 saturated heterocycles. The molecule has 1 unspecified atom stereocenters. The predicted octanol–water partition coefficient (Wildman–Crippen LogP) is 0.395. The smallest absolute Gasteiger partial charge is 0.323 e. The molecule has 1 aliphatic heterocycles. The molecular weight excluding hydrogens is 168 g/mol. The molecule has 1 aromatic rings. The van der Waals surface area contributed by atoms with Crippen LogP contribution in [0.3, 0.4) is 0 Å². The van der Waals surface area contributed by atoms with Crippen molar-refractivity contribution in [2.45, 2.75) is 13.0 Å². The van der Waals surface area contributed by atoms with Gasteiger partial charge in [-0.1, -0.05) is 0 Å². The lowest BCUT2D eigenvalue weighted by Gasteiger charge is -2.10. The van der Waals surface area contributed by atoms with Gasteiger partial charge >= 0.3 is 6.03 Å². The maximum atomic E-state index is 11.3. The third kappa shape index (κ3) is 1.44. The molecule has 2 amide bonds. The Bertz CT molecular complexity index is 313. The molecule has 1 atom stereocenters. The summed E-state index contributed by atoms with van der Waals surface area (Å²) in [7, 11) is 0. The molecule has 1 N–H and O–H groups in total. The van der Waals surface area contributed by atoms with Crippen molar-refractivity contribution in [3.63, 3.8) is 0 Å². The second-order valence-electron chi connectivity index (χ2n) is 3.04. The van der Waals surface area contributed by atoms with Crippen molar-refractivity contribution in [2.24, 2.45) is 0 Å². The van der Waals surface area contributed by atoms with Crippen molar-refractivity contribution in [2.75, 3.05) is 11.4 Å². The van der Waals surface area contributed by atoms with Crippen molar-refractivity contribution in [3.05, 3.63) is 18.3 Å². The normalized spacial score (nSPS) is 21.8. The number of aromatic nitrogens is 2. The summed E-state index contributed by atoms with van der Waals surface area (Å²) in [6, 6.07) is 3.60. The van der Waals surface area contributed by atoms with Crippen LogP contribution in [-0.4, -0.2) is 28.8 Å². The second kappa shape index (κ2) is 3.01. The lowest BCUT2D eigenvalue weighted by molar-refractivity contribution is 0.251. The monoisotopic (exact) mass is 178 g/mol. The van der Waals surface area contributed by atoms with Crippen LogP contribution in [0, 0.1) is 0 Å². The van der Waals surface area contributed by atoms with E-state index in [-0.39, 0.29) is 12.1 Å². The number of hydrogen-bond donors (Lipinski definition) is 1. The number of carbonyl (C=O) groups excluding carboxylic acids is 1. The number of anilines is 1. The minimum atomic E-state index is -0.104.